The van der Waals surface area contributed by atoms with Gasteiger partial charge in [-0.05, 0) is 49.1 Å². The summed E-state index contributed by atoms with van der Waals surface area (Å²) < 4.78 is 29.5. The average molecular weight is 475 g/mol. The number of aliphatic hydroxyl groups is 1. The maximum Gasteiger partial charge on any atom is 0.220 e. The second kappa shape index (κ2) is 11.7. The zero-order chi connectivity index (χ0) is 24.6. The lowest BCUT2D eigenvalue weighted by Gasteiger charge is -2.29. The van der Waals surface area contributed by atoms with E-state index in [1.54, 1.807) is 43.5 Å². The minimum Gasteiger partial charge on any atom is -0.497 e. The van der Waals surface area contributed by atoms with Crippen molar-refractivity contribution in [1.82, 2.24) is 10.6 Å². The Kier molecular flexibility index (Phi) is 8.70. The van der Waals surface area contributed by atoms with Gasteiger partial charge in [-0.2, -0.15) is 0 Å². The number of nitrogens with one attached hydrogen (secondary N) is 2. The van der Waals surface area contributed by atoms with Crippen molar-refractivity contribution in [2.45, 2.75) is 43.7 Å². The summed E-state index contributed by atoms with van der Waals surface area (Å²) in [4.78, 5) is 24.4. The summed E-state index contributed by atoms with van der Waals surface area (Å²) in [5.74, 6) is 0.578. The van der Waals surface area contributed by atoms with Gasteiger partial charge in [0.25, 0.3) is 0 Å². The zero-order valence-electron chi connectivity index (χ0n) is 19.4. The molecular formula is C25H31FN2O6. The number of benzene rings is 2. The third-order valence-corrected chi connectivity index (χ3v) is 5.84. The molecule has 3 rings (SSSR count). The molecule has 1 fully saturated rings. The van der Waals surface area contributed by atoms with Crippen LogP contribution in [0.2, 0.25) is 0 Å². The number of amides is 2. The van der Waals surface area contributed by atoms with E-state index in [1.165, 1.54) is 13.2 Å². The Morgan fingerprint density at radius 3 is 2.71 bits per heavy atom. The highest BCUT2D eigenvalue weighted by molar-refractivity contribution is 5.80. The Balaban J connectivity index is 1.48. The maximum absolute atomic E-state index is 13.7. The normalized spacial score (nSPS) is 18.2. The molecule has 2 aromatic carbocycles. The molecule has 8 nitrogen and oxygen atoms in total. The first-order valence-corrected chi connectivity index (χ1v) is 11.2. The number of hydrogen-bond acceptors (Lipinski definition) is 6. The number of carbonyl (C=O) groups excluding carboxylic acids is 2. The van der Waals surface area contributed by atoms with Crippen molar-refractivity contribution in [2.24, 2.45) is 0 Å². The summed E-state index contributed by atoms with van der Waals surface area (Å²) in [6, 6.07) is 11.6. The highest BCUT2D eigenvalue weighted by atomic mass is 19.1. The van der Waals surface area contributed by atoms with Crippen LogP contribution in [0, 0.1) is 5.82 Å². The summed E-state index contributed by atoms with van der Waals surface area (Å²) in [6.45, 7) is 0.0527. The highest BCUT2D eigenvalue weighted by Gasteiger charge is 2.38. The van der Waals surface area contributed by atoms with Crippen LogP contribution in [0.1, 0.15) is 31.2 Å². The maximum atomic E-state index is 13.7. The van der Waals surface area contributed by atoms with Crippen LogP contribution >= 0.6 is 0 Å². The van der Waals surface area contributed by atoms with Crippen LogP contribution in [0.4, 0.5) is 4.39 Å². The van der Waals surface area contributed by atoms with Crippen molar-refractivity contribution in [3.8, 4) is 17.2 Å². The van der Waals surface area contributed by atoms with E-state index in [1.807, 2.05) is 0 Å². The molecule has 1 saturated heterocycles. The molecule has 34 heavy (non-hydrogen) atoms. The van der Waals surface area contributed by atoms with Crippen LogP contribution in [0.25, 0.3) is 0 Å². The van der Waals surface area contributed by atoms with E-state index in [-0.39, 0.29) is 37.1 Å². The van der Waals surface area contributed by atoms with Gasteiger partial charge in [0.05, 0.1) is 14.2 Å². The fourth-order valence-electron chi connectivity index (χ4n) is 4.00. The molecule has 1 aliphatic rings. The predicted octanol–water partition coefficient (Wildman–Crippen LogP) is 2.37. The quantitative estimate of drug-likeness (QED) is 0.436. The van der Waals surface area contributed by atoms with E-state index < -0.39 is 17.5 Å². The number of ether oxygens (including phenoxy) is 3. The standard InChI is InChI=1S/C25H31FN2O6/c1-32-19-4-3-5-20(13-19)34-16-18(29)15-27-23(30)8-10-25(11-9-24(31)28-25)14-17-6-7-21(26)22(12-17)33-2/h3-7,12-13,18,29H,8-11,14-16H2,1-2H3,(H,27,30)(H,28,31). The van der Waals surface area contributed by atoms with Crippen molar-refractivity contribution in [3.63, 3.8) is 0 Å². The number of methoxy groups -OCH3 is 2. The first-order valence-electron chi connectivity index (χ1n) is 11.2. The Morgan fingerprint density at radius 2 is 2.00 bits per heavy atom. The van der Waals surface area contributed by atoms with Crippen LogP contribution in [0.3, 0.4) is 0 Å². The smallest absolute Gasteiger partial charge is 0.220 e. The lowest BCUT2D eigenvalue weighted by Crippen LogP contribution is -2.45. The lowest BCUT2D eigenvalue weighted by molar-refractivity contribution is -0.123. The molecule has 0 aliphatic carbocycles. The SMILES string of the molecule is COc1cccc(OCC(O)CNC(=O)CCC2(Cc3ccc(F)c(OC)c3)CCC(=O)N2)c1. The number of rotatable bonds is 12. The number of carbonyl (C=O) groups is 2. The molecule has 1 aliphatic heterocycles. The van der Waals surface area contributed by atoms with E-state index in [0.29, 0.717) is 37.2 Å². The zero-order valence-corrected chi connectivity index (χ0v) is 19.4. The summed E-state index contributed by atoms with van der Waals surface area (Å²) in [5.41, 5.74) is 0.219. The molecule has 0 spiro atoms. The van der Waals surface area contributed by atoms with Crippen LogP contribution in [0.5, 0.6) is 17.2 Å². The average Bonchev–Trinajstić information content (AvgIpc) is 3.21. The molecule has 2 unspecified atom stereocenters. The molecule has 1 heterocycles. The van der Waals surface area contributed by atoms with Crippen molar-refractivity contribution in [1.29, 1.82) is 0 Å². The van der Waals surface area contributed by atoms with Gasteiger partial charge < -0.3 is 30.0 Å². The predicted molar refractivity (Wildman–Crippen MR) is 124 cm³/mol. The van der Waals surface area contributed by atoms with Crippen LogP contribution in [-0.2, 0) is 16.0 Å². The molecule has 3 N–H and O–H groups in total. The molecule has 2 amide bonds. The van der Waals surface area contributed by atoms with Gasteiger partial charge in [0.15, 0.2) is 11.6 Å². The molecular weight excluding hydrogens is 443 g/mol. The van der Waals surface area contributed by atoms with Crippen molar-refractivity contribution in [2.75, 3.05) is 27.4 Å². The molecule has 0 bridgehead atoms. The van der Waals surface area contributed by atoms with Crippen molar-refractivity contribution in [3.05, 3.63) is 53.8 Å². The molecule has 9 heteroatoms. The summed E-state index contributed by atoms with van der Waals surface area (Å²) >= 11 is 0. The van der Waals surface area contributed by atoms with Crippen LogP contribution < -0.4 is 24.8 Å². The van der Waals surface area contributed by atoms with E-state index in [0.717, 1.165) is 5.56 Å². The van der Waals surface area contributed by atoms with Gasteiger partial charge >= 0.3 is 0 Å². The number of aliphatic hydroxyl groups excluding tert-OH is 1. The summed E-state index contributed by atoms with van der Waals surface area (Å²) in [5, 5.41) is 15.9. The van der Waals surface area contributed by atoms with Crippen molar-refractivity contribution < 1.29 is 33.3 Å². The van der Waals surface area contributed by atoms with Gasteiger partial charge in [0, 0.05) is 31.0 Å². The number of halogens is 1. The van der Waals surface area contributed by atoms with Gasteiger partial charge in [-0.3, -0.25) is 9.59 Å². The highest BCUT2D eigenvalue weighted by Crippen LogP contribution is 2.31. The topological polar surface area (TPSA) is 106 Å². The Bertz CT molecular complexity index is 1000. The van der Waals surface area contributed by atoms with Gasteiger partial charge in [-0.1, -0.05) is 12.1 Å². The van der Waals surface area contributed by atoms with Crippen LogP contribution in [-0.4, -0.2) is 55.9 Å². The van der Waals surface area contributed by atoms with Crippen molar-refractivity contribution >= 4 is 11.8 Å². The van der Waals surface area contributed by atoms with Gasteiger partial charge in [-0.25, -0.2) is 4.39 Å². The Hall–Kier alpha value is -3.33. The second-order valence-corrected chi connectivity index (χ2v) is 8.42. The molecule has 0 aromatic heterocycles. The third kappa shape index (κ3) is 7.08. The van der Waals surface area contributed by atoms with Crippen LogP contribution in [0.15, 0.2) is 42.5 Å². The lowest BCUT2D eigenvalue weighted by atomic mass is 9.85. The largest absolute Gasteiger partial charge is 0.497 e. The first kappa shape index (κ1) is 25.3. The first-order chi connectivity index (χ1) is 16.3. The summed E-state index contributed by atoms with van der Waals surface area (Å²) in [7, 11) is 2.96. The molecule has 0 saturated carbocycles. The van der Waals surface area contributed by atoms with E-state index in [4.69, 9.17) is 14.2 Å². The monoisotopic (exact) mass is 474 g/mol. The van der Waals surface area contributed by atoms with Gasteiger partial charge in [0.1, 0.15) is 24.2 Å². The fraction of sp³-hybridized carbons (Fsp3) is 0.440. The fourth-order valence-corrected chi connectivity index (χ4v) is 4.00. The Labute approximate surface area is 198 Å². The van der Waals surface area contributed by atoms with Gasteiger partial charge in [-0.15, -0.1) is 0 Å². The van der Waals surface area contributed by atoms with E-state index in [2.05, 4.69) is 10.6 Å². The number of hydrogen-bond donors (Lipinski definition) is 3. The molecule has 2 aromatic rings. The molecule has 2 atom stereocenters. The Morgan fingerprint density at radius 1 is 1.21 bits per heavy atom. The van der Waals surface area contributed by atoms with E-state index >= 15 is 0 Å². The minimum absolute atomic E-state index is 0.0137. The molecule has 0 radical (unpaired) electrons. The molecule has 184 valence electrons. The van der Waals surface area contributed by atoms with E-state index in [9.17, 15) is 19.1 Å². The van der Waals surface area contributed by atoms with Gasteiger partial charge in [0.2, 0.25) is 11.8 Å². The summed E-state index contributed by atoms with van der Waals surface area (Å²) in [6.07, 6.45) is 1.11. The second-order valence-electron chi connectivity index (χ2n) is 8.42. The minimum atomic E-state index is -0.887. The third-order valence-electron chi connectivity index (χ3n) is 5.84.